The van der Waals surface area contributed by atoms with E-state index in [1.807, 2.05) is 4.90 Å². The van der Waals surface area contributed by atoms with Crippen LogP contribution in [0.3, 0.4) is 0 Å². The SMILES string of the molecule is O=C(Cn1ccccc1=O)N1CCN(Cc2ccc(Br)s2)CC1. The number of thiophene rings is 1. The first-order chi connectivity index (χ1) is 11.1. The fourth-order valence-electron chi connectivity index (χ4n) is 2.65. The summed E-state index contributed by atoms with van der Waals surface area (Å²) in [5.41, 5.74) is -0.136. The van der Waals surface area contributed by atoms with Crippen molar-refractivity contribution in [3.8, 4) is 0 Å². The van der Waals surface area contributed by atoms with Gasteiger partial charge in [-0.1, -0.05) is 6.07 Å². The second kappa shape index (κ2) is 7.42. The van der Waals surface area contributed by atoms with Gasteiger partial charge in [-0.05, 0) is 34.1 Å². The van der Waals surface area contributed by atoms with Crippen LogP contribution in [0.5, 0.6) is 0 Å². The van der Waals surface area contributed by atoms with Crippen molar-refractivity contribution in [2.45, 2.75) is 13.1 Å². The van der Waals surface area contributed by atoms with Crippen molar-refractivity contribution < 1.29 is 4.79 Å². The molecule has 0 bridgehead atoms. The average molecular weight is 396 g/mol. The minimum absolute atomic E-state index is 0.0109. The molecule has 122 valence electrons. The highest BCUT2D eigenvalue weighted by molar-refractivity contribution is 9.11. The van der Waals surface area contributed by atoms with E-state index < -0.39 is 0 Å². The summed E-state index contributed by atoms with van der Waals surface area (Å²) < 4.78 is 2.60. The molecule has 0 atom stereocenters. The zero-order chi connectivity index (χ0) is 16.2. The fraction of sp³-hybridized carbons (Fsp3) is 0.375. The van der Waals surface area contributed by atoms with Gasteiger partial charge in [0.05, 0.1) is 3.79 Å². The van der Waals surface area contributed by atoms with Gasteiger partial charge in [-0.25, -0.2) is 0 Å². The first-order valence-electron chi connectivity index (χ1n) is 7.51. The Morgan fingerprint density at radius 2 is 1.91 bits per heavy atom. The molecule has 1 aliphatic rings. The summed E-state index contributed by atoms with van der Waals surface area (Å²) >= 11 is 5.23. The van der Waals surface area contributed by atoms with E-state index in [1.54, 1.807) is 29.7 Å². The summed E-state index contributed by atoms with van der Waals surface area (Å²) in [6.45, 7) is 4.21. The smallest absolute Gasteiger partial charge is 0.250 e. The molecule has 2 aromatic heterocycles. The predicted octanol–water partition coefficient (Wildman–Crippen LogP) is 2.02. The number of halogens is 1. The van der Waals surface area contributed by atoms with Gasteiger partial charge in [-0.2, -0.15) is 0 Å². The number of nitrogens with zero attached hydrogens (tertiary/aromatic N) is 3. The number of rotatable bonds is 4. The molecular formula is C16H18BrN3O2S. The Morgan fingerprint density at radius 3 is 2.57 bits per heavy atom. The number of pyridine rings is 1. The minimum Gasteiger partial charge on any atom is -0.339 e. The van der Waals surface area contributed by atoms with E-state index >= 15 is 0 Å². The monoisotopic (exact) mass is 395 g/mol. The molecule has 1 fully saturated rings. The molecule has 0 N–H and O–H groups in total. The number of hydrogen-bond acceptors (Lipinski definition) is 4. The van der Waals surface area contributed by atoms with Crippen LogP contribution < -0.4 is 5.56 Å². The maximum Gasteiger partial charge on any atom is 0.250 e. The molecular weight excluding hydrogens is 378 g/mol. The van der Waals surface area contributed by atoms with Crippen molar-refractivity contribution in [2.75, 3.05) is 26.2 Å². The topological polar surface area (TPSA) is 45.6 Å². The van der Waals surface area contributed by atoms with Gasteiger partial charge in [0, 0.05) is 49.9 Å². The van der Waals surface area contributed by atoms with E-state index in [-0.39, 0.29) is 18.0 Å². The Labute approximate surface area is 147 Å². The van der Waals surface area contributed by atoms with Crippen molar-refractivity contribution in [1.29, 1.82) is 0 Å². The Morgan fingerprint density at radius 1 is 1.13 bits per heavy atom. The molecule has 2 aromatic rings. The van der Waals surface area contributed by atoms with Crippen molar-refractivity contribution in [3.63, 3.8) is 0 Å². The molecule has 0 aliphatic carbocycles. The van der Waals surface area contributed by atoms with Crippen LogP contribution in [0.4, 0.5) is 0 Å². The molecule has 0 saturated carbocycles. The highest BCUT2D eigenvalue weighted by Gasteiger charge is 2.21. The zero-order valence-electron chi connectivity index (χ0n) is 12.7. The first kappa shape index (κ1) is 16.4. The summed E-state index contributed by atoms with van der Waals surface area (Å²) in [5.74, 6) is 0.0109. The van der Waals surface area contributed by atoms with Crippen LogP contribution >= 0.6 is 27.3 Å². The van der Waals surface area contributed by atoms with Crippen LogP contribution in [0.15, 0.2) is 45.1 Å². The zero-order valence-corrected chi connectivity index (χ0v) is 15.1. The second-order valence-corrected chi connectivity index (χ2v) is 8.08. The highest BCUT2D eigenvalue weighted by Crippen LogP contribution is 2.23. The van der Waals surface area contributed by atoms with E-state index in [0.717, 1.165) is 23.4 Å². The lowest BCUT2D eigenvalue weighted by Crippen LogP contribution is -2.49. The maximum absolute atomic E-state index is 12.3. The second-order valence-electron chi connectivity index (χ2n) is 5.53. The highest BCUT2D eigenvalue weighted by atomic mass is 79.9. The van der Waals surface area contributed by atoms with Gasteiger partial charge >= 0.3 is 0 Å². The number of aromatic nitrogens is 1. The van der Waals surface area contributed by atoms with Crippen LogP contribution in [-0.2, 0) is 17.9 Å². The summed E-state index contributed by atoms with van der Waals surface area (Å²) in [7, 11) is 0. The molecule has 23 heavy (non-hydrogen) atoms. The summed E-state index contributed by atoms with van der Waals surface area (Å²) in [4.78, 5) is 29.5. The summed E-state index contributed by atoms with van der Waals surface area (Å²) in [5, 5.41) is 0. The third kappa shape index (κ3) is 4.31. The Bertz CT molecular complexity index is 735. The quantitative estimate of drug-likeness (QED) is 0.795. The van der Waals surface area contributed by atoms with Gasteiger partial charge in [0.2, 0.25) is 5.91 Å². The van der Waals surface area contributed by atoms with Crippen LogP contribution in [0.2, 0.25) is 0 Å². The van der Waals surface area contributed by atoms with Crippen LogP contribution in [0, 0.1) is 0 Å². The van der Waals surface area contributed by atoms with Gasteiger partial charge in [0.1, 0.15) is 6.54 Å². The third-order valence-corrected chi connectivity index (χ3v) is 5.55. The molecule has 0 spiro atoms. The minimum atomic E-state index is -0.136. The molecule has 0 radical (unpaired) electrons. The molecule has 7 heteroatoms. The maximum atomic E-state index is 12.3. The first-order valence-corrected chi connectivity index (χ1v) is 9.12. The van der Waals surface area contributed by atoms with Gasteiger partial charge in [0.15, 0.2) is 0 Å². The lowest BCUT2D eigenvalue weighted by molar-refractivity contribution is -0.133. The molecule has 0 aromatic carbocycles. The van der Waals surface area contributed by atoms with Crippen LogP contribution in [0.25, 0.3) is 0 Å². The van der Waals surface area contributed by atoms with Crippen LogP contribution in [0.1, 0.15) is 4.88 Å². The van der Waals surface area contributed by atoms with Gasteiger partial charge in [-0.15, -0.1) is 11.3 Å². The lowest BCUT2D eigenvalue weighted by atomic mass is 10.3. The summed E-state index contributed by atoms with van der Waals surface area (Å²) in [6.07, 6.45) is 1.66. The van der Waals surface area contributed by atoms with Gasteiger partial charge < -0.3 is 9.47 Å². The van der Waals surface area contributed by atoms with E-state index in [4.69, 9.17) is 0 Å². The third-order valence-electron chi connectivity index (χ3n) is 3.94. The predicted molar refractivity (Wildman–Crippen MR) is 94.6 cm³/mol. The number of carbonyl (C=O) groups excluding carboxylic acids is 1. The van der Waals surface area contributed by atoms with Crippen molar-refractivity contribution >= 4 is 33.2 Å². The van der Waals surface area contributed by atoms with Gasteiger partial charge in [-0.3, -0.25) is 14.5 Å². The number of amides is 1. The molecule has 5 nitrogen and oxygen atoms in total. The Kier molecular flexibility index (Phi) is 5.30. The van der Waals surface area contributed by atoms with Gasteiger partial charge in [0.25, 0.3) is 5.56 Å². The molecule has 3 rings (SSSR count). The molecule has 0 unspecified atom stereocenters. The normalized spacial score (nSPS) is 15.8. The van der Waals surface area contributed by atoms with E-state index in [1.165, 1.54) is 15.5 Å². The Hall–Kier alpha value is -1.44. The van der Waals surface area contributed by atoms with Crippen molar-refractivity contribution in [2.24, 2.45) is 0 Å². The van der Waals surface area contributed by atoms with E-state index in [0.29, 0.717) is 13.1 Å². The van der Waals surface area contributed by atoms with Crippen molar-refractivity contribution in [1.82, 2.24) is 14.4 Å². The standard InChI is InChI=1S/C16H18BrN3O2S/c17-14-5-4-13(23-14)11-18-7-9-19(10-8-18)16(22)12-20-6-2-1-3-15(20)21/h1-6H,7-12H2. The van der Waals surface area contributed by atoms with Crippen molar-refractivity contribution in [3.05, 3.63) is 55.5 Å². The fourth-order valence-corrected chi connectivity index (χ4v) is 4.18. The lowest BCUT2D eigenvalue weighted by Gasteiger charge is -2.34. The Balaban J connectivity index is 1.51. The van der Waals surface area contributed by atoms with E-state index in [9.17, 15) is 9.59 Å². The molecule has 1 aliphatic heterocycles. The molecule has 1 amide bonds. The number of hydrogen-bond donors (Lipinski definition) is 0. The average Bonchev–Trinajstić information content (AvgIpc) is 2.95. The summed E-state index contributed by atoms with van der Waals surface area (Å²) in [6, 6.07) is 9.13. The number of piperazine rings is 1. The molecule has 1 saturated heterocycles. The molecule has 3 heterocycles. The largest absolute Gasteiger partial charge is 0.339 e. The van der Waals surface area contributed by atoms with Crippen LogP contribution in [-0.4, -0.2) is 46.5 Å². The van der Waals surface area contributed by atoms with E-state index in [2.05, 4.69) is 33.0 Å². The number of carbonyl (C=O) groups is 1.